The number of nitrogens with one attached hydrogen (secondary N) is 1. The Hall–Kier alpha value is -1.28. The monoisotopic (exact) mass is 270 g/mol. The number of nitrogens with zero attached hydrogens (tertiary/aromatic N) is 1. The zero-order valence-electron chi connectivity index (χ0n) is 12.8. The maximum Gasteiger partial charge on any atom is 0.0489 e. The number of benzene rings is 1. The molecule has 0 spiro atoms. The molecule has 2 aromatic rings. The van der Waals surface area contributed by atoms with E-state index in [1.54, 1.807) is 11.1 Å². The second-order valence-corrected chi connectivity index (χ2v) is 6.08. The van der Waals surface area contributed by atoms with Crippen LogP contribution in [0.1, 0.15) is 44.2 Å². The molecule has 3 rings (SSSR count). The van der Waals surface area contributed by atoms with Gasteiger partial charge in [-0.15, -0.1) is 0 Å². The first-order valence-corrected chi connectivity index (χ1v) is 8.15. The summed E-state index contributed by atoms with van der Waals surface area (Å²) in [6.07, 6.45) is 8.36. The number of aromatic amines is 1. The number of hydrogen-bond donors (Lipinski definition) is 1. The normalized spacial score (nSPS) is 18.6. The lowest BCUT2D eigenvalue weighted by atomic mass is 9.86. The average molecular weight is 270 g/mol. The third kappa shape index (κ3) is 2.49. The Morgan fingerprint density at radius 3 is 2.70 bits per heavy atom. The highest BCUT2D eigenvalue weighted by atomic mass is 15.1. The van der Waals surface area contributed by atoms with Gasteiger partial charge in [-0.25, -0.2) is 0 Å². The minimum atomic E-state index is 0.733. The van der Waals surface area contributed by atoms with Crippen LogP contribution in [0.3, 0.4) is 0 Å². The van der Waals surface area contributed by atoms with Crippen molar-refractivity contribution in [2.75, 3.05) is 13.1 Å². The van der Waals surface area contributed by atoms with Crippen LogP contribution in [-0.2, 0) is 12.8 Å². The molecule has 1 aliphatic rings. The van der Waals surface area contributed by atoms with E-state index in [0.29, 0.717) is 0 Å². The molecule has 1 aliphatic carbocycles. The maximum atomic E-state index is 3.45. The van der Waals surface area contributed by atoms with E-state index in [1.807, 2.05) is 0 Å². The number of aryl methyl sites for hydroxylation is 1. The van der Waals surface area contributed by atoms with Gasteiger partial charge in [0.2, 0.25) is 0 Å². The summed E-state index contributed by atoms with van der Waals surface area (Å²) < 4.78 is 0. The molecule has 1 heterocycles. The third-order valence-electron chi connectivity index (χ3n) is 4.66. The van der Waals surface area contributed by atoms with Gasteiger partial charge in [0.15, 0.2) is 0 Å². The molecule has 2 heteroatoms. The first-order chi connectivity index (χ1) is 9.83. The van der Waals surface area contributed by atoms with Crippen molar-refractivity contribution in [2.24, 2.45) is 0 Å². The van der Waals surface area contributed by atoms with E-state index in [1.165, 1.54) is 56.1 Å². The zero-order chi connectivity index (χ0) is 13.9. The van der Waals surface area contributed by atoms with Crippen molar-refractivity contribution in [1.29, 1.82) is 0 Å². The van der Waals surface area contributed by atoms with Gasteiger partial charge in [-0.3, -0.25) is 0 Å². The summed E-state index contributed by atoms with van der Waals surface area (Å²) in [5.41, 5.74) is 4.50. The summed E-state index contributed by atoms with van der Waals surface area (Å²) in [6.45, 7) is 7.08. The lowest BCUT2D eigenvalue weighted by Gasteiger charge is -2.35. The molecule has 0 saturated carbocycles. The van der Waals surface area contributed by atoms with E-state index in [9.17, 15) is 0 Å². The molecular weight excluding hydrogens is 244 g/mol. The van der Waals surface area contributed by atoms with Gasteiger partial charge in [0.05, 0.1) is 0 Å². The quantitative estimate of drug-likeness (QED) is 0.865. The highest BCUT2D eigenvalue weighted by Crippen LogP contribution is 2.30. The molecular formula is C18H26N2. The molecule has 1 aromatic heterocycles. The Kier molecular flexibility index (Phi) is 4.11. The third-order valence-corrected chi connectivity index (χ3v) is 4.66. The number of H-pyrrole nitrogens is 1. The molecule has 0 aliphatic heterocycles. The molecule has 0 bridgehead atoms. The molecule has 20 heavy (non-hydrogen) atoms. The minimum Gasteiger partial charge on any atom is -0.361 e. The summed E-state index contributed by atoms with van der Waals surface area (Å²) >= 11 is 0. The number of fused-ring (bicyclic) bond motifs is 3. The van der Waals surface area contributed by atoms with Crippen molar-refractivity contribution in [3.05, 3.63) is 35.5 Å². The molecule has 1 atom stereocenters. The Morgan fingerprint density at radius 2 is 1.95 bits per heavy atom. The van der Waals surface area contributed by atoms with Gasteiger partial charge in [0, 0.05) is 17.8 Å². The van der Waals surface area contributed by atoms with E-state index in [-0.39, 0.29) is 0 Å². The molecule has 1 N–H and O–H groups in total. The lowest BCUT2D eigenvalue weighted by molar-refractivity contribution is 0.180. The SMILES string of the molecule is CCCN(CCC)C1CCc2ccc3cc[nH]c3c2C1. The molecule has 0 amide bonds. The molecule has 108 valence electrons. The number of rotatable bonds is 5. The van der Waals surface area contributed by atoms with Gasteiger partial charge in [-0.1, -0.05) is 26.0 Å². The first kappa shape index (κ1) is 13.7. The molecule has 0 saturated heterocycles. The van der Waals surface area contributed by atoms with E-state index in [4.69, 9.17) is 0 Å². The fourth-order valence-corrected chi connectivity index (χ4v) is 3.72. The minimum absolute atomic E-state index is 0.733. The molecule has 2 nitrogen and oxygen atoms in total. The van der Waals surface area contributed by atoms with Crippen molar-refractivity contribution >= 4 is 10.9 Å². The summed E-state index contributed by atoms with van der Waals surface area (Å²) in [7, 11) is 0. The van der Waals surface area contributed by atoms with E-state index >= 15 is 0 Å². The van der Waals surface area contributed by atoms with Crippen LogP contribution in [0.2, 0.25) is 0 Å². The fourth-order valence-electron chi connectivity index (χ4n) is 3.72. The van der Waals surface area contributed by atoms with Crippen LogP contribution in [0.15, 0.2) is 24.4 Å². The Bertz CT molecular complexity index is 564. The number of aromatic nitrogens is 1. The average Bonchev–Trinajstić information content (AvgIpc) is 2.95. The van der Waals surface area contributed by atoms with Crippen molar-refractivity contribution < 1.29 is 0 Å². The van der Waals surface area contributed by atoms with Crippen molar-refractivity contribution in [3.8, 4) is 0 Å². The zero-order valence-corrected chi connectivity index (χ0v) is 12.8. The predicted molar refractivity (Wildman–Crippen MR) is 86.3 cm³/mol. The second kappa shape index (κ2) is 6.01. The highest BCUT2D eigenvalue weighted by molar-refractivity contribution is 5.84. The van der Waals surface area contributed by atoms with Crippen LogP contribution >= 0.6 is 0 Å². The van der Waals surface area contributed by atoms with Crippen LogP contribution < -0.4 is 0 Å². The van der Waals surface area contributed by atoms with Crippen LogP contribution in [-0.4, -0.2) is 29.0 Å². The summed E-state index contributed by atoms with van der Waals surface area (Å²) in [6, 6.07) is 7.53. The Labute approximate surface area is 122 Å². The molecule has 1 unspecified atom stereocenters. The van der Waals surface area contributed by atoms with Crippen LogP contribution in [0.25, 0.3) is 10.9 Å². The van der Waals surface area contributed by atoms with Crippen molar-refractivity contribution in [3.63, 3.8) is 0 Å². The Morgan fingerprint density at radius 1 is 1.15 bits per heavy atom. The topological polar surface area (TPSA) is 19.0 Å². The lowest BCUT2D eigenvalue weighted by Crippen LogP contribution is -2.40. The van der Waals surface area contributed by atoms with Gasteiger partial charge in [-0.2, -0.15) is 0 Å². The maximum absolute atomic E-state index is 3.45. The smallest absolute Gasteiger partial charge is 0.0489 e. The van der Waals surface area contributed by atoms with E-state index < -0.39 is 0 Å². The van der Waals surface area contributed by atoms with Gasteiger partial charge in [0.25, 0.3) is 0 Å². The summed E-state index contributed by atoms with van der Waals surface area (Å²) in [5.74, 6) is 0. The summed E-state index contributed by atoms with van der Waals surface area (Å²) in [5, 5.41) is 1.36. The van der Waals surface area contributed by atoms with Crippen molar-refractivity contribution in [1.82, 2.24) is 9.88 Å². The van der Waals surface area contributed by atoms with Gasteiger partial charge >= 0.3 is 0 Å². The van der Waals surface area contributed by atoms with Gasteiger partial charge in [0.1, 0.15) is 0 Å². The van der Waals surface area contributed by atoms with E-state index in [0.717, 1.165) is 6.04 Å². The molecule has 0 fully saturated rings. The fraction of sp³-hybridized carbons (Fsp3) is 0.556. The van der Waals surface area contributed by atoms with Gasteiger partial charge in [-0.05, 0) is 67.8 Å². The highest BCUT2D eigenvalue weighted by Gasteiger charge is 2.24. The second-order valence-electron chi connectivity index (χ2n) is 6.08. The predicted octanol–water partition coefficient (Wildman–Crippen LogP) is 4.15. The van der Waals surface area contributed by atoms with Crippen molar-refractivity contribution in [2.45, 2.75) is 52.0 Å². The largest absolute Gasteiger partial charge is 0.361 e. The molecule has 1 aromatic carbocycles. The number of hydrogen-bond acceptors (Lipinski definition) is 1. The van der Waals surface area contributed by atoms with Gasteiger partial charge < -0.3 is 9.88 Å². The van der Waals surface area contributed by atoms with Crippen LogP contribution in [0, 0.1) is 0 Å². The Balaban J connectivity index is 1.87. The molecule has 0 radical (unpaired) electrons. The van der Waals surface area contributed by atoms with Crippen LogP contribution in [0.5, 0.6) is 0 Å². The first-order valence-electron chi connectivity index (χ1n) is 8.15. The summed E-state index contributed by atoms with van der Waals surface area (Å²) in [4.78, 5) is 6.17. The van der Waals surface area contributed by atoms with E-state index in [2.05, 4.69) is 48.1 Å². The van der Waals surface area contributed by atoms with Crippen LogP contribution in [0.4, 0.5) is 0 Å². The standard InChI is InChI=1S/C18H26N2/c1-3-11-20(12-4-2)16-8-7-14-5-6-15-9-10-19-18(15)17(14)13-16/h5-6,9-10,16,19H,3-4,7-8,11-13H2,1-2H3.